The third-order valence-electron chi connectivity index (χ3n) is 6.27. The van der Waals surface area contributed by atoms with E-state index in [1.165, 1.54) is 19.4 Å². The maximum Gasteiger partial charge on any atom is 0.409 e. The van der Waals surface area contributed by atoms with Crippen molar-refractivity contribution in [1.82, 2.24) is 29.6 Å². The van der Waals surface area contributed by atoms with E-state index in [2.05, 4.69) is 34.5 Å². The first kappa shape index (κ1) is 26.0. The quantitative estimate of drug-likeness (QED) is 0.265. The lowest BCUT2D eigenvalue weighted by molar-refractivity contribution is 0.0818. The van der Waals surface area contributed by atoms with Gasteiger partial charge in [-0.05, 0) is 32.0 Å². The number of ether oxygens (including phenoxy) is 2. The molecule has 0 bridgehead atoms. The first-order chi connectivity index (χ1) is 17.1. The highest BCUT2D eigenvalue weighted by Crippen LogP contribution is 2.29. The van der Waals surface area contributed by atoms with Gasteiger partial charge in [0.05, 0.1) is 13.3 Å². The Morgan fingerprint density at radius 1 is 1.14 bits per heavy atom. The predicted molar refractivity (Wildman–Crippen MR) is 138 cm³/mol. The van der Waals surface area contributed by atoms with Crippen LogP contribution in [0.4, 0.5) is 15.1 Å². The summed E-state index contributed by atoms with van der Waals surface area (Å²) in [6.07, 6.45) is 2.86. The molecule has 1 aliphatic rings. The van der Waals surface area contributed by atoms with Crippen molar-refractivity contribution in [2.45, 2.75) is 58.3 Å². The molecule has 1 fully saturated rings. The predicted octanol–water partition coefficient (Wildman–Crippen LogP) is 4.01. The van der Waals surface area contributed by atoms with Gasteiger partial charge in [0.1, 0.15) is 23.5 Å². The Hall–Kier alpha value is -3.12. The molecule has 0 aliphatic carbocycles. The highest BCUT2D eigenvalue weighted by Gasteiger charge is 2.34. The summed E-state index contributed by atoms with van der Waals surface area (Å²) >= 11 is 0. The summed E-state index contributed by atoms with van der Waals surface area (Å²) in [5, 5.41) is 4.74. The van der Waals surface area contributed by atoms with Gasteiger partial charge in [-0.2, -0.15) is 9.49 Å². The molecule has 4 heterocycles. The van der Waals surface area contributed by atoms with Gasteiger partial charge < -0.3 is 19.3 Å². The van der Waals surface area contributed by atoms with Crippen LogP contribution in [-0.4, -0.2) is 82.7 Å². The molecule has 3 aromatic heterocycles. The van der Waals surface area contributed by atoms with E-state index in [9.17, 15) is 9.18 Å². The van der Waals surface area contributed by atoms with Crippen molar-refractivity contribution in [2.24, 2.45) is 0 Å². The zero-order valence-corrected chi connectivity index (χ0v) is 22.7. The molecule has 0 saturated carbocycles. The maximum atomic E-state index is 13.5. The third kappa shape index (κ3) is 5.64. The second-order valence-corrected chi connectivity index (χ2v) is 16.1. The van der Waals surface area contributed by atoms with Gasteiger partial charge in [0, 0.05) is 51.6 Å². The highest BCUT2D eigenvalue weighted by molar-refractivity contribution is 6.76. The number of fused-ring (bicyclic) bond motifs is 1. The number of nitrogens with zero attached hydrogens (tertiary/aromatic N) is 7. The van der Waals surface area contributed by atoms with Crippen molar-refractivity contribution in [2.75, 3.05) is 31.7 Å². The molecule has 12 heteroatoms. The van der Waals surface area contributed by atoms with Crippen molar-refractivity contribution in [1.29, 1.82) is 0 Å². The van der Waals surface area contributed by atoms with Crippen LogP contribution < -0.4 is 4.90 Å². The summed E-state index contributed by atoms with van der Waals surface area (Å²) in [5.74, 6) is -0.0128. The number of carbonyl (C=O) groups excluding carboxylic acids is 1. The average Bonchev–Trinajstić information content (AvgIpc) is 3.18. The fraction of sp³-hybridized carbons (Fsp3) is 0.542. The summed E-state index contributed by atoms with van der Waals surface area (Å²) in [6, 6.07) is 3.95. The molecule has 194 valence electrons. The van der Waals surface area contributed by atoms with Crippen LogP contribution in [0.2, 0.25) is 25.7 Å². The molecule has 0 N–H and O–H groups in total. The second-order valence-electron chi connectivity index (χ2n) is 10.4. The number of hydrogen-bond acceptors (Lipinski definition) is 8. The lowest BCUT2D eigenvalue weighted by Crippen LogP contribution is -2.58. The Morgan fingerprint density at radius 3 is 2.47 bits per heavy atom. The molecule has 36 heavy (non-hydrogen) atoms. The van der Waals surface area contributed by atoms with Crippen LogP contribution in [0.25, 0.3) is 22.3 Å². The molecular weight excluding hydrogens is 481 g/mol. The van der Waals surface area contributed by atoms with E-state index in [-0.39, 0.29) is 24.9 Å². The maximum absolute atomic E-state index is 13.5. The van der Waals surface area contributed by atoms with Crippen LogP contribution in [0.15, 0.2) is 24.5 Å². The fourth-order valence-corrected chi connectivity index (χ4v) is 5.17. The van der Waals surface area contributed by atoms with Gasteiger partial charge in [-0.15, -0.1) is 0 Å². The minimum absolute atomic E-state index is 0.0267. The lowest BCUT2D eigenvalue weighted by atomic mass is 10.1. The van der Waals surface area contributed by atoms with Crippen LogP contribution in [0, 0.1) is 5.95 Å². The molecule has 0 radical (unpaired) electrons. The van der Waals surface area contributed by atoms with Gasteiger partial charge in [-0.3, -0.25) is 0 Å². The minimum atomic E-state index is -1.22. The number of anilines is 1. The SMILES string of the molecule is COC(=O)N1C[C@@H](C)N(c2ncc3c(n2)c(-c2ccc(F)nc2)nn3COCC[Si](C)(C)C)[C@@H](C)C1. The Kier molecular flexibility index (Phi) is 7.55. The Labute approximate surface area is 211 Å². The van der Waals surface area contributed by atoms with E-state index in [1.54, 1.807) is 21.8 Å². The summed E-state index contributed by atoms with van der Waals surface area (Å²) in [7, 11) is 0.171. The van der Waals surface area contributed by atoms with E-state index in [0.29, 0.717) is 42.4 Å². The van der Waals surface area contributed by atoms with Crippen LogP contribution >= 0.6 is 0 Å². The van der Waals surface area contributed by atoms with Gasteiger partial charge in [0.2, 0.25) is 11.9 Å². The van der Waals surface area contributed by atoms with Gasteiger partial charge >= 0.3 is 6.09 Å². The third-order valence-corrected chi connectivity index (χ3v) is 7.98. The average molecular weight is 516 g/mol. The Balaban J connectivity index is 1.67. The lowest BCUT2D eigenvalue weighted by Gasteiger charge is -2.43. The molecule has 2 atom stereocenters. The number of piperazine rings is 1. The minimum Gasteiger partial charge on any atom is -0.453 e. The molecule has 0 unspecified atom stereocenters. The summed E-state index contributed by atoms with van der Waals surface area (Å²) in [4.78, 5) is 29.2. The molecule has 3 aromatic rings. The zero-order chi connectivity index (χ0) is 26.0. The normalized spacial score (nSPS) is 18.6. The fourth-order valence-electron chi connectivity index (χ4n) is 4.41. The number of methoxy groups -OCH3 is 1. The summed E-state index contributed by atoms with van der Waals surface area (Å²) in [6.45, 7) is 12.9. The number of rotatable bonds is 7. The van der Waals surface area contributed by atoms with E-state index >= 15 is 0 Å². The van der Waals surface area contributed by atoms with E-state index in [4.69, 9.17) is 19.6 Å². The number of carbonyl (C=O) groups is 1. The van der Waals surface area contributed by atoms with E-state index in [1.807, 2.05) is 13.8 Å². The molecule has 4 rings (SSSR count). The number of amides is 1. The highest BCUT2D eigenvalue weighted by atomic mass is 28.3. The van der Waals surface area contributed by atoms with Crippen molar-refractivity contribution in [3.05, 3.63) is 30.5 Å². The second kappa shape index (κ2) is 10.5. The number of pyridine rings is 1. The Bertz CT molecular complexity index is 1200. The molecule has 0 spiro atoms. The van der Waals surface area contributed by atoms with Gasteiger partial charge in [0.25, 0.3) is 0 Å². The van der Waals surface area contributed by atoms with E-state index in [0.717, 1.165) is 11.6 Å². The topological polar surface area (TPSA) is 98.5 Å². The van der Waals surface area contributed by atoms with Crippen LogP contribution in [0.5, 0.6) is 0 Å². The van der Waals surface area contributed by atoms with Crippen molar-refractivity contribution >= 4 is 31.1 Å². The number of halogens is 1. The molecule has 0 aromatic carbocycles. The smallest absolute Gasteiger partial charge is 0.409 e. The summed E-state index contributed by atoms with van der Waals surface area (Å²) in [5.41, 5.74) is 2.60. The number of hydrogen-bond donors (Lipinski definition) is 0. The Morgan fingerprint density at radius 2 is 1.86 bits per heavy atom. The van der Waals surface area contributed by atoms with Crippen molar-refractivity contribution in [3.63, 3.8) is 0 Å². The molecule has 1 amide bonds. The van der Waals surface area contributed by atoms with Crippen LogP contribution in [-0.2, 0) is 16.2 Å². The number of aromatic nitrogens is 5. The summed E-state index contributed by atoms with van der Waals surface area (Å²) < 4.78 is 26.1. The molecule has 1 aliphatic heterocycles. The van der Waals surface area contributed by atoms with Crippen molar-refractivity contribution in [3.8, 4) is 11.3 Å². The van der Waals surface area contributed by atoms with Gasteiger partial charge in [0.15, 0.2) is 0 Å². The largest absolute Gasteiger partial charge is 0.453 e. The van der Waals surface area contributed by atoms with Gasteiger partial charge in [-0.25, -0.2) is 24.4 Å². The first-order valence-electron chi connectivity index (χ1n) is 12.1. The first-order valence-corrected chi connectivity index (χ1v) is 15.8. The van der Waals surface area contributed by atoms with Crippen LogP contribution in [0.3, 0.4) is 0 Å². The van der Waals surface area contributed by atoms with E-state index < -0.39 is 14.0 Å². The standard InChI is InChI=1S/C24H34FN7O3Si/c1-16-13-30(24(33)34-3)14-17(2)32(16)23-27-12-19-22(28-23)21(18-7-8-20(25)26-11-18)29-31(19)15-35-9-10-36(4,5)6/h7-8,11-12,16-17H,9-10,13-15H2,1-6H3/t16-,17+. The van der Waals surface area contributed by atoms with Crippen LogP contribution in [0.1, 0.15) is 13.8 Å². The monoisotopic (exact) mass is 515 g/mol. The van der Waals surface area contributed by atoms with Gasteiger partial charge in [-0.1, -0.05) is 19.6 Å². The van der Waals surface area contributed by atoms with Crippen molar-refractivity contribution < 1.29 is 18.7 Å². The molecule has 10 nitrogen and oxygen atoms in total. The zero-order valence-electron chi connectivity index (χ0n) is 21.7. The molecular formula is C24H34FN7O3Si. The molecule has 1 saturated heterocycles.